The van der Waals surface area contributed by atoms with E-state index in [2.05, 4.69) is 19.7 Å². The minimum atomic E-state index is -3.15. The fraction of sp³-hybridized carbons (Fsp3) is 0.500. The zero-order valence-electron chi connectivity index (χ0n) is 13.8. The first-order chi connectivity index (χ1) is 11.6. The van der Waals surface area contributed by atoms with Gasteiger partial charge in [0.05, 0.1) is 17.5 Å². The van der Waals surface area contributed by atoms with Gasteiger partial charge in [-0.25, -0.2) is 13.1 Å². The average Bonchev–Trinajstić information content (AvgIpc) is 3.04. The van der Waals surface area contributed by atoms with Crippen molar-refractivity contribution >= 4 is 10.0 Å². The first-order valence-corrected chi connectivity index (χ1v) is 9.83. The number of rotatable bonds is 7. The number of fused-ring (bicyclic) bond motifs is 1. The second-order valence-electron chi connectivity index (χ2n) is 6.03. The summed E-state index contributed by atoms with van der Waals surface area (Å²) in [6, 6.07) is 6.25. The molecule has 1 aliphatic rings. The van der Waals surface area contributed by atoms with Crippen molar-refractivity contribution in [1.82, 2.24) is 24.4 Å². The van der Waals surface area contributed by atoms with Crippen molar-refractivity contribution in [2.24, 2.45) is 0 Å². The van der Waals surface area contributed by atoms with E-state index in [-0.39, 0.29) is 11.8 Å². The van der Waals surface area contributed by atoms with Gasteiger partial charge in [0.1, 0.15) is 0 Å². The number of sulfonamides is 1. The number of hydrogen-bond donors (Lipinski definition) is 1. The van der Waals surface area contributed by atoms with Crippen LogP contribution >= 0.6 is 0 Å². The molecule has 0 saturated carbocycles. The van der Waals surface area contributed by atoms with Gasteiger partial charge in [0.2, 0.25) is 10.0 Å². The Morgan fingerprint density at radius 2 is 2.04 bits per heavy atom. The van der Waals surface area contributed by atoms with Crippen molar-refractivity contribution < 1.29 is 8.42 Å². The van der Waals surface area contributed by atoms with Gasteiger partial charge in [0.25, 0.3) is 0 Å². The van der Waals surface area contributed by atoms with Gasteiger partial charge in [0, 0.05) is 44.8 Å². The zero-order valence-corrected chi connectivity index (χ0v) is 14.6. The SMILES string of the molecule is CCS(=O)(=O)NCCC1CN(Cc2ccncc2)Cc2ccnn21. The minimum Gasteiger partial charge on any atom is -0.291 e. The van der Waals surface area contributed by atoms with E-state index in [0.29, 0.717) is 6.54 Å². The molecule has 1 aliphatic heterocycles. The molecule has 2 aromatic rings. The topological polar surface area (TPSA) is 80.1 Å². The summed E-state index contributed by atoms with van der Waals surface area (Å²) in [5.74, 6) is 0.110. The van der Waals surface area contributed by atoms with Crippen LogP contribution in [0.15, 0.2) is 36.8 Å². The largest absolute Gasteiger partial charge is 0.291 e. The van der Waals surface area contributed by atoms with Crippen LogP contribution < -0.4 is 4.72 Å². The van der Waals surface area contributed by atoms with Gasteiger partial charge >= 0.3 is 0 Å². The average molecular weight is 349 g/mol. The molecule has 0 aromatic carbocycles. The highest BCUT2D eigenvalue weighted by Crippen LogP contribution is 2.24. The van der Waals surface area contributed by atoms with Crippen LogP contribution in [-0.2, 0) is 23.1 Å². The van der Waals surface area contributed by atoms with Gasteiger partial charge < -0.3 is 0 Å². The van der Waals surface area contributed by atoms with Gasteiger partial charge in [-0.2, -0.15) is 5.10 Å². The van der Waals surface area contributed by atoms with E-state index in [4.69, 9.17) is 0 Å². The molecule has 1 atom stereocenters. The summed E-state index contributed by atoms with van der Waals surface area (Å²) in [5.41, 5.74) is 2.39. The number of pyridine rings is 1. The monoisotopic (exact) mass is 349 g/mol. The van der Waals surface area contributed by atoms with Crippen molar-refractivity contribution in [3.8, 4) is 0 Å². The fourth-order valence-corrected chi connectivity index (χ4v) is 3.66. The van der Waals surface area contributed by atoms with Gasteiger partial charge in [0.15, 0.2) is 0 Å². The van der Waals surface area contributed by atoms with Crippen LogP contribution in [0, 0.1) is 0 Å². The lowest BCUT2D eigenvalue weighted by Crippen LogP contribution is -2.39. The molecule has 7 nitrogen and oxygen atoms in total. The molecule has 1 unspecified atom stereocenters. The number of nitrogens with one attached hydrogen (secondary N) is 1. The highest BCUT2D eigenvalue weighted by atomic mass is 32.2. The molecular formula is C16H23N5O2S. The summed E-state index contributed by atoms with van der Waals surface area (Å²) in [6.45, 7) is 4.63. The molecule has 130 valence electrons. The highest BCUT2D eigenvalue weighted by molar-refractivity contribution is 7.89. The molecule has 0 fully saturated rings. The molecule has 0 aliphatic carbocycles. The van der Waals surface area contributed by atoms with Crippen molar-refractivity contribution in [2.45, 2.75) is 32.5 Å². The molecule has 0 amide bonds. The molecule has 0 bridgehead atoms. The summed E-state index contributed by atoms with van der Waals surface area (Å²) in [4.78, 5) is 6.42. The summed E-state index contributed by atoms with van der Waals surface area (Å²) in [7, 11) is -3.15. The maximum Gasteiger partial charge on any atom is 0.211 e. The van der Waals surface area contributed by atoms with E-state index < -0.39 is 10.0 Å². The predicted molar refractivity (Wildman–Crippen MR) is 91.7 cm³/mol. The molecular weight excluding hydrogens is 326 g/mol. The third-order valence-electron chi connectivity index (χ3n) is 4.29. The normalized spacial score (nSPS) is 18.5. The van der Waals surface area contributed by atoms with Crippen LogP contribution in [0.25, 0.3) is 0 Å². The lowest BCUT2D eigenvalue weighted by atomic mass is 10.1. The van der Waals surface area contributed by atoms with Crippen LogP contribution in [0.4, 0.5) is 0 Å². The third-order valence-corrected chi connectivity index (χ3v) is 5.69. The van der Waals surface area contributed by atoms with Gasteiger partial charge in [-0.15, -0.1) is 0 Å². The first-order valence-electron chi connectivity index (χ1n) is 8.18. The molecule has 0 spiro atoms. The van der Waals surface area contributed by atoms with Crippen LogP contribution in [0.5, 0.6) is 0 Å². The third kappa shape index (κ3) is 4.19. The zero-order chi connectivity index (χ0) is 17.0. The molecule has 3 rings (SSSR count). The van der Waals surface area contributed by atoms with Crippen LogP contribution in [0.3, 0.4) is 0 Å². The maximum absolute atomic E-state index is 11.6. The van der Waals surface area contributed by atoms with E-state index in [1.54, 1.807) is 19.3 Å². The second-order valence-corrected chi connectivity index (χ2v) is 8.13. The maximum atomic E-state index is 11.6. The summed E-state index contributed by atoms with van der Waals surface area (Å²) in [6.07, 6.45) is 6.15. The Morgan fingerprint density at radius 3 is 2.79 bits per heavy atom. The summed E-state index contributed by atoms with van der Waals surface area (Å²) >= 11 is 0. The van der Waals surface area contributed by atoms with E-state index >= 15 is 0 Å². The van der Waals surface area contributed by atoms with Crippen molar-refractivity contribution in [2.75, 3.05) is 18.8 Å². The van der Waals surface area contributed by atoms with E-state index in [1.807, 2.05) is 29.1 Å². The number of nitrogens with zero attached hydrogens (tertiary/aromatic N) is 4. The van der Waals surface area contributed by atoms with Gasteiger partial charge in [-0.1, -0.05) is 0 Å². The Morgan fingerprint density at radius 1 is 1.25 bits per heavy atom. The van der Waals surface area contributed by atoms with Crippen LogP contribution in [-0.4, -0.2) is 46.9 Å². The van der Waals surface area contributed by atoms with Crippen LogP contribution in [0.1, 0.15) is 30.6 Å². The molecule has 8 heteroatoms. The molecule has 24 heavy (non-hydrogen) atoms. The Balaban J connectivity index is 1.65. The van der Waals surface area contributed by atoms with E-state index in [9.17, 15) is 8.42 Å². The molecule has 0 saturated heterocycles. The van der Waals surface area contributed by atoms with Crippen molar-refractivity contribution in [1.29, 1.82) is 0 Å². The van der Waals surface area contributed by atoms with Gasteiger partial charge in [-0.3, -0.25) is 14.6 Å². The second kappa shape index (κ2) is 7.42. The van der Waals surface area contributed by atoms with E-state index in [0.717, 1.165) is 26.1 Å². The molecule has 2 aromatic heterocycles. The van der Waals surface area contributed by atoms with Crippen molar-refractivity contribution in [3.05, 3.63) is 48.0 Å². The number of hydrogen-bond acceptors (Lipinski definition) is 5. The first kappa shape index (κ1) is 17.1. The molecule has 0 radical (unpaired) electrons. The highest BCUT2D eigenvalue weighted by Gasteiger charge is 2.25. The Kier molecular flexibility index (Phi) is 5.27. The molecule has 3 heterocycles. The van der Waals surface area contributed by atoms with Gasteiger partial charge in [-0.05, 0) is 37.1 Å². The summed E-state index contributed by atoms with van der Waals surface area (Å²) in [5, 5.41) is 4.42. The number of aromatic nitrogens is 3. The standard InChI is InChI=1S/C16H23N5O2S/c1-2-24(22,23)19-10-6-16-13-20(11-14-3-7-17-8-4-14)12-15-5-9-18-21(15)16/h3-5,7-9,16,19H,2,6,10-13H2,1H3. The lowest BCUT2D eigenvalue weighted by Gasteiger charge is -2.34. The summed E-state index contributed by atoms with van der Waals surface area (Å²) < 4.78 is 27.9. The van der Waals surface area contributed by atoms with Crippen LogP contribution in [0.2, 0.25) is 0 Å². The Bertz CT molecular complexity index is 760. The minimum absolute atomic E-state index is 0.110. The smallest absolute Gasteiger partial charge is 0.211 e. The lowest BCUT2D eigenvalue weighted by molar-refractivity contribution is 0.162. The Hall–Kier alpha value is -1.77. The van der Waals surface area contributed by atoms with E-state index in [1.165, 1.54) is 11.3 Å². The fourth-order valence-electron chi connectivity index (χ4n) is 3.03. The predicted octanol–water partition coefficient (Wildman–Crippen LogP) is 1.16. The van der Waals surface area contributed by atoms with Crippen molar-refractivity contribution in [3.63, 3.8) is 0 Å². The quantitative estimate of drug-likeness (QED) is 0.811. The Labute approximate surface area is 142 Å². The molecule has 1 N–H and O–H groups in total.